The molecule has 52 heavy (non-hydrogen) atoms. The van der Waals surface area contributed by atoms with Gasteiger partial charge in [0.1, 0.15) is 6.10 Å². The van der Waals surface area contributed by atoms with Crippen molar-refractivity contribution in [2.75, 3.05) is 0 Å². The molecule has 2 nitrogen and oxygen atoms in total. The Morgan fingerprint density at radius 2 is 1.17 bits per heavy atom. The van der Waals surface area contributed by atoms with Crippen LogP contribution in [0, 0.1) is 50.2 Å². The maximum atomic E-state index is 13.2. The van der Waals surface area contributed by atoms with Gasteiger partial charge in [0.2, 0.25) is 0 Å². The second kappa shape index (κ2) is 17.6. The van der Waals surface area contributed by atoms with E-state index in [1.165, 1.54) is 161 Å². The molecular formula is C50H88O2. The minimum absolute atomic E-state index is 0.0294. The molecule has 0 bridgehead atoms. The highest BCUT2D eigenvalue weighted by Crippen LogP contribution is 2.75. The highest BCUT2D eigenvalue weighted by molar-refractivity contribution is 5.69. The van der Waals surface area contributed by atoms with E-state index in [9.17, 15) is 4.79 Å². The Labute approximate surface area is 324 Å². The van der Waals surface area contributed by atoms with Crippen molar-refractivity contribution in [2.45, 2.75) is 248 Å². The van der Waals surface area contributed by atoms with Crippen LogP contribution >= 0.6 is 0 Å². The molecule has 0 unspecified atom stereocenters. The molecule has 0 radical (unpaired) electrons. The van der Waals surface area contributed by atoms with Crippen LogP contribution in [0.4, 0.5) is 0 Å². The third-order valence-corrected chi connectivity index (χ3v) is 17.8. The Morgan fingerprint density at radius 1 is 0.635 bits per heavy atom. The van der Waals surface area contributed by atoms with Crippen molar-refractivity contribution >= 4 is 5.97 Å². The molecule has 4 fully saturated rings. The van der Waals surface area contributed by atoms with Crippen molar-refractivity contribution < 1.29 is 9.53 Å². The van der Waals surface area contributed by atoms with E-state index in [1.54, 1.807) is 0 Å². The molecule has 4 saturated carbocycles. The van der Waals surface area contributed by atoms with Gasteiger partial charge in [-0.2, -0.15) is 0 Å². The first kappa shape index (κ1) is 42.4. The number of ether oxygens (including phenoxy) is 1. The van der Waals surface area contributed by atoms with E-state index in [0.717, 1.165) is 24.7 Å². The Bertz CT molecular complexity index is 1180. The van der Waals surface area contributed by atoms with Crippen molar-refractivity contribution in [3.05, 3.63) is 11.6 Å². The molecule has 2 heteroatoms. The summed E-state index contributed by atoms with van der Waals surface area (Å²) in [7, 11) is 0. The SMILES string of the molecule is CCCCCCCCCCCCCCCCCCCC(=O)O[C@H]1CC[C@@]2(C)[C@H](CC[C@]3(C)[C@H]2CC=C2[C@@H]4CC(C)(C)CC[C@]4(C)CC[C@]23C)C1(C)C. The molecule has 0 aromatic heterocycles. The monoisotopic (exact) mass is 721 g/mol. The van der Waals surface area contributed by atoms with Gasteiger partial charge in [-0.05, 0) is 115 Å². The van der Waals surface area contributed by atoms with Gasteiger partial charge in [-0.25, -0.2) is 0 Å². The lowest BCUT2D eigenvalue weighted by atomic mass is 9.33. The van der Waals surface area contributed by atoms with E-state index < -0.39 is 0 Å². The van der Waals surface area contributed by atoms with Crippen LogP contribution in [0.2, 0.25) is 0 Å². The van der Waals surface area contributed by atoms with Gasteiger partial charge < -0.3 is 4.74 Å². The zero-order chi connectivity index (χ0) is 37.7. The molecule has 0 N–H and O–H groups in total. The molecular weight excluding hydrogens is 633 g/mol. The Morgan fingerprint density at radius 3 is 1.75 bits per heavy atom. The first-order chi connectivity index (χ1) is 24.6. The summed E-state index contributed by atoms with van der Waals surface area (Å²) in [6.45, 7) is 23.1. The van der Waals surface area contributed by atoms with Crippen LogP contribution in [-0.4, -0.2) is 12.1 Å². The first-order valence-corrected chi connectivity index (χ1v) is 23.5. The van der Waals surface area contributed by atoms with Crippen molar-refractivity contribution in [1.29, 1.82) is 0 Å². The molecule has 0 amide bonds. The van der Waals surface area contributed by atoms with Gasteiger partial charge in [0.25, 0.3) is 0 Å². The average Bonchev–Trinajstić information content (AvgIpc) is 3.08. The highest BCUT2D eigenvalue weighted by Gasteiger charge is 2.68. The van der Waals surface area contributed by atoms with E-state index in [4.69, 9.17) is 4.74 Å². The van der Waals surface area contributed by atoms with Gasteiger partial charge in [-0.15, -0.1) is 0 Å². The summed E-state index contributed by atoms with van der Waals surface area (Å²) >= 11 is 0. The number of carbonyl (C=O) groups is 1. The van der Waals surface area contributed by atoms with Crippen LogP contribution in [0.25, 0.3) is 0 Å². The molecule has 8 atom stereocenters. The molecule has 5 rings (SSSR count). The van der Waals surface area contributed by atoms with Gasteiger partial charge in [0.15, 0.2) is 0 Å². The summed E-state index contributed by atoms with van der Waals surface area (Å²) in [5, 5.41) is 0. The number of fused-ring (bicyclic) bond motifs is 7. The average molecular weight is 721 g/mol. The summed E-state index contributed by atoms with van der Waals surface area (Å²) in [4.78, 5) is 13.2. The van der Waals surface area contributed by atoms with Gasteiger partial charge >= 0.3 is 5.97 Å². The Balaban J connectivity index is 1.03. The van der Waals surface area contributed by atoms with Crippen LogP contribution in [0.5, 0.6) is 0 Å². The van der Waals surface area contributed by atoms with Gasteiger partial charge in [0.05, 0.1) is 0 Å². The number of hydrogen-bond acceptors (Lipinski definition) is 2. The molecule has 0 spiro atoms. The van der Waals surface area contributed by atoms with Crippen molar-refractivity contribution in [3.63, 3.8) is 0 Å². The summed E-state index contributed by atoms with van der Waals surface area (Å²) in [6, 6.07) is 0. The molecule has 5 aliphatic carbocycles. The topological polar surface area (TPSA) is 26.3 Å². The maximum Gasteiger partial charge on any atom is 0.306 e. The Kier molecular flexibility index (Phi) is 14.3. The van der Waals surface area contributed by atoms with Gasteiger partial charge in [-0.3, -0.25) is 4.79 Å². The highest BCUT2D eigenvalue weighted by atomic mass is 16.5. The van der Waals surface area contributed by atoms with Crippen LogP contribution in [0.1, 0.15) is 242 Å². The number of allylic oxidation sites excluding steroid dienone is 2. The summed E-state index contributed by atoms with van der Waals surface area (Å²) in [6.07, 6.45) is 39.9. The number of hydrogen-bond donors (Lipinski definition) is 0. The minimum Gasteiger partial charge on any atom is -0.462 e. The zero-order valence-corrected chi connectivity index (χ0v) is 36.5. The van der Waals surface area contributed by atoms with E-state index in [2.05, 4.69) is 68.4 Å². The predicted molar refractivity (Wildman–Crippen MR) is 223 cm³/mol. The van der Waals surface area contributed by atoms with Gasteiger partial charge in [-0.1, -0.05) is 177 Å². The number of carbonyl (C=O) groups excluding carboxylic acids is 1. The van der Waals surface area contributed by atoms with Crippen molar-refractivity contribution in [2.24, 2.45) is 50.2 Å². The van der Waals surface area contributed by atoms with E-state index in [0.29, 0.717) is 39.4 Å². The normalized spacial score (nSPS) is 37.6. The summed E-state index contributed by atoms with van der Waals surface area (Å²) < 4.78 is 6.44. The molecule has 300 valence electrons. The quantitative estimate of drug-likeness (QED) is 0.0754. The third-order valence-electron chi connectivity index (χ3n) is 17.8. The maximum absolute atomic E-state index is 13.2. The van der Waals surface area contributed by atoms with E-state index in [-0.39, 0.29) is 17.5 Å². The lowest BCUT2D eigenvalue weighted by Crippen LogP contribution is -2.64. The number of esters is 1. The third kappa shape index (κ3) is 8.92. The first-order valence-electron chi connectivity index (χ1n) is 23.5. The predicted octanol–water partition coefficient (Wildman–Crippen LogP) is 15.8. The zero-order valence-electron chi connectivity index (χ0n) is 36.5. The molecule has 5 aliphatic rings. The van der Waals surface area contributed by atoms with Crippen LogP contribution < -0.4 is 0 Å². The molecule has 0 saturated heterocycles. The van der Waals surface area contributed by atoms with Crippen LogP contribution in [0.3, 0.4) is 0 Å². The van der Waals surface area contributed by atoms with E-state index in [1.807, 2.05) is 5.57 Å². The fraction of sp³-hybridized carbons (Fsp3) is 0.940. The fourth-order valence-electron chi connectivity index (χ4n) is 13.9. The second-order valence-electron chi connectivity index (χ2n) is 22.1. The summed E-state index contributed by atoms with van der Waals surface area (Å²) in [5.41, 5.74) is 3.87. The molecule has 0 aromatic rings. The number of unbranched alkanes of at least 4 members (excludes halogenated alkanes) is 16. The summed E-state index contributed by atoms with van der Waals surface area (Å²) in [5.74, 6) is 2.18. The van der Waals surface area contributed by atoms with Crippen molar-refractivity contribution in [1.82, 2.24) is 0 Å². The van der Waals surface area contributed by atoms with Gasteiger partial charge in [0, 0.05) is 11.8 Å². The molecule has 0 aromatic carbocycles. The van der Waals surface area contributed by atoms with Crippen LogP contribution in [-0.2, 0) is 9.53 Å². The Hall–Kier alpha value is -0.790. The second-order valence-corrected chi connectivity index (χ2v) is 22.1. The van der Waals surface area contributed by atoms with Crippen LogP contribution in [0.15, 0.2) is 11.6 Å². The fourth-order valence-corrected chi connectivity index (χ4v) is 13.9. The molecule has 0 heterocycles. The lowest BCUT2D eigenvalue weighted by molar-refractivity contribution is -0.212. The number of rotatable bonds is 19. The van der Waals surface area contributed by atoms with Crippen molar-refractivity contribution in [3.8, 4) is 0 Å². The lowest BCUT2D eigenvalue weighted by Gasteiger charge is -2.71. The minimum atomic E-state index is 0.0294. The smallest absolute Gasteiger partial charge is 0.306 e. The standard InChI is InChI=1S/C50H88O2/c1-10-11-12-13-14-15-16-17-18-19-20-21-22-23-24-25-26-27-44(51)52-43-31-32-48(7)41(46(43,4)5)30-33-50(9)42(48)29-28-39-40-38-45(2,3)34-35-47(40,6)36-37-49(39,50)8/h28,40-43H,10-27,29-38H2,1-9H3/t40-,41+,42-,43-,47+,48-,49+,50+/m0/s1. The van der Waals surface area contributed by atoms with E-state index >= 15 is 0 Å². The molecule has 0 aliphatic heterocycles. The largest absolute Gasteiger partial charge is 0.462 e.